The van der Waals surface area contributed by atoms with Crippen molar-refractivity contribution in [2.24, 2.45) is 7.05 Å². The fraction of sp³-hybridized carbons (Fsp3) is 0.333. The number of hydrogen-bond donors (Lipinski definition) is 0. The zero-order chi connectivity index (χ0) is 20.3. The van der Waals surface area contributed by atoms with Crippen LogP contribution in [-0.4, -0.2) is 27.2 Å². The number of pyridine rings is 1. The summed E-state index contributed by atoms with van der Waals surface area (Å²) < 4.78 is 8.14. The van der Waals surface area contributed by atoms with Crippen molar-refractivity contribution < 1.29 is 8.98 Å². The first kappa shape index (κ1) is 18.0. The molecule has 148 valence electrons. The molecule has 0 saturated carbocycles. The minimum Gasteiger partial charge on any atom is -0.455 e. The fourth-order valence-electron chi connectivity index (χ4n) is 4.53. The molecule has 5 nitrogen and oxygen atoms in total. The van der Waals surface area contributed by atoms with Crippen LogP contribution in [-0.2, 0) is 13.5 Å². The van der Waals surface area contributed by atoms with Crippen LogP contribution in [0.1, 0.15) is 18.9 Å². The third-order valence-corrected chi connectivity index (χ3v) is 6.20. The number of rotatable bonds is 2. The molecular formula is C24H26N3O2+. The molecule has 5 heteroatoms. The van der Waals surface area contributed by atoms with Crippen molar-refractivity contribution in [3.05, 3.63) is 52.3 Å². The third-order valence-electron chi connectivity index (χ3n) is 6.20. The minimum atomic E-state index is -0.0198. The molecule has 0 fully saturated rings. The highest BCUT2D eigenvalue weighted by atomic mass is 16.3. The predicted molar refractivity (Wildman–Crippen MR) is 118 cm³/mol. The van der Waals surface area contributed by atoms with Gasteiger partial charge in [-0.05, 0) is 49.6 Å². The van der Waals surface area contributed by atoms with Gasteiger partial charge in [0.15, 0.2) is 5.76 Å². The Labute approximate surface area is 170 Å². The van der Waals surface area contributed by atoms with Crippen LogP contribution in [0, 0.1) is 0 Å². The summed E-state index contributed by atoms with van der Waals surface area (Å²) in [5.74, 6) is 0.683. The number of fused-ring (bicyclic) bond motifs is 5. The average molecular weight is 388 g/mol. The van der Waals surface area contributed by atoms with Crippen molar-refractivity contribution in [3.63, 3.8) is 0 Å². The second kappa shape index (κ2) is 6.48. The van der Waals surface area contributed by atoms with E-state index in [4.69, 9.17) is 4.42 Å². The number of hydrogen-bond acceptors (Lipinski definition) is 4. The Bertz CT molecular complexity index is 1290. The molecule has 0 amide bonds. The Kier molecular flexibility index (Phi) is 4.02. The Hall–Kier alpha value is -3.08. The second-order valence-electron chi connectivity index (χ2n) is 8.15. The summed E-state index contributed by atoms with van der Waals surface area (Å²) in [4.78, 5) is 17.6. The van der Waals surface area contributed by atoms with Crippen LogP contribution in [0.25, 0.3) is 33.2 Å². The molecule has 0 saturated heterocycles. The molecule has 0 aromatic heterocycles. The zero-order valence-corrected chi connectivity index (χ0v) is 17.5. The van der Waals surface area contributed by atoms with Gasteiger partial charge in [0, 0.05) is 56.1 Å². The van der Waals surface area contributed by atoms with E-state index in [0.29, 0.717) is 11.3 Å². The van der Waals surface area contributed by atoms with E-state index in [1.807, 2.05) is 45.4 Å². The van der Waals surface area contributed by atoms with E-state index in [2.05, 4.69) is 28.9 Å². The van der Waals surface area contributed by atoms with Crippen LogP contribution in [0.15, 0.2) is 45.6 Å². The van der Waals surface area contributed by atoms with Gasteiger partial charge in [0.2, 0.25) is 5.52 Å². The van der Waals surface area contributed by atoms with Crippen molar-refractivity contribution >= 4 is 33.2 Å². The maximum absolute atomic E-state index is 13.2. The van der Waals surface area contributed by atoms with Crippen molar-refractivity contribution in [2.45, 2.75) is 19.8 Å². The van der Waals surface area contributed by atoms with Gasteiger partial charge in [0.25, 0.3) is 0 Å². The first-order valence-corrected chi connectivity index (χ1v) is 10.3. The maximum Gasteiger partial charge on any atom is 0.423 e. The van der Waals surface area contributed by atoms with Crippen molar-refractivity contribution in [1.29, 1.82) is 0 Å². The minimum absolute atomic E-state index is 0.0198. The molecule has 0 spiro atoms. The number of aromatic nitrogens is 1. The van der Waals surface area contributed by atoms with Gasteiger partial charge in [-0.15, -0.1) is 0 Å². The standard InChI is InChI=1S/C24H26N3O2/c1-5-27-10-6-7-15-11-18-21(14-20(15)27)26(4)24(28)19-12-16-8-9-17(25(2)3)13-22(16)29-23(18)19/h8-9,11-14H,5-7,10H2,1-4H3/q+1. The quantitative estimate of drug-likeness (QED) is 0.298. The highest BCUT2D eigenvalue weighted by Gasteiger charge is 2.27. The topological polar surface area (TPSA) is 40.6 Å². The third kappa shape index (κ3) is 2.68. The van der Waals surface area contributed by atoms with Crippen LogP contribution < -0.4 is 19.9 Å². The fourth-order valence-corrected chi connectivity index (χ4v) is 4.53. The van der Waals surface area contributed by atoms with Crippen molar-refractivity contribution in [2.75, 3.05) is 37.0 Å². The van der Waals surface area contributed by atoms with E-state index in [1.54, 1.807) is 4.57 Å². The average Bonchev–Trinajstić information content (AvgIpc) is 2.74. The molecule has 3 aliphatic rings. The lowest BCUT2D eigenvalue weighted by atomic mass is 9.96. The van der Waals surface area contributed by atoms with Crippen LogP contribution in [0.5, 0.6) is 0 Å². The highest BCUT2D eigenvalue weighted by Crippen LogP contribution is 2.36. The monoisotopic (exact) mass is 388 g/mol. The van der Waals surface area contributed by atoms with Gasteiger partial charge in [-0.25, -0.2) is 4.79 Å². The Balaban J connectivity index is 1.88. The molecule has 0 aliphatic carbocycles. The van der Waals surface area contributed by atoms with Crippen LogP contribution >= 0.6 is 0 Å². The molecule has 5 rings (SSSR count). The molecular weight excluding hydrogens is 362 g/mol. The summed E-state index contributed by atoms with van der Waals surface area (Å²) in [7, 11) is 5.88. The highest BCUT2D eigenvalue weighted by molar-refractivity contribution is 5.96. The van der Waals surface area contributed by atoms with Gasteiger partial charge < -0.3 is 14.2 Å². The smallest absolute Gasteiger partial charge is 0.423 e. The first-order chi connectivity index (χ1) is 14.0. The van der Waals surface area contributed by atoms with E-state index in [0.717, 1.165) is 53.5 Å². The lowest BCUT2D eigenvalue weighted by Crippen LogP contribution is -2.48. The van der Waals surface area contributed by atoms with Crippen molar-refractivity contribution in [1.82, 2.24) is 0 Å². The van der Waals surface area contributed by atoms with Gasteiger partial charge in [-0.1, -0.05) is 0 Å². The molecule has 0 atom stereocenters. The number of aryl methyl sites for hydroxylation is 2. The van der Waals surface area contributed by atoms with E-state index in [1.165, 1.54) is 11.3 Å². The lowest BCUT2D eigenvalue weighted by molar-refractivity contribution is -0.658. The molecule has 3 aliphatic heterocycles. The maximum atomic E-state index is 13.2. The lowest BCUT2D eigenvalue weighted by Gasteiger charge is -2.30. The summed E-state index contributed by atoms with van der Waals surface area (Å²) in [6.45, 7) is 4.23. The van der Waals surface area contributed by atoms with Gasteiger partial charge in [0.1, 0.15) is 18.2 Å². The molecule has 0 radical (unpaired) electrons. The predicted octanol–water partition coefficient (Wildman–Crippen LogP) is 3.71. The van der Waals surface area contributed by atoms with Gasteiger partial charge in [-0.3, -0.25) is 0 Å². The summed E-state index contributed by atoms with van der Waals surface area (Å²) in [6, 6.07) is 12.5. The second-order valence-corrected chi connectivity index (χ2v) is 8.15. The number of anilines is 2. The largest absolute Gasteiger partial charge is 0.455 e. The Morgan fingerprint density at radius 3 is 2.76 bits per heavy atom. The summed E-state index contributed by atoms with van der Waals surface area (Å²) in [5.41, 5.74) is 5.99. The molecule has 2 aromatic rings. The van der Waals surface area contributed by atoms with Gasteiger partial charge >= 0.3 is 5.56 Å². The first-order valence-electron chi connectivity index (χ1n) is 10.3. The molecule has 29 heavy (non-hydrogen) atoms. The molecule has 0 bridgehead atoms. The molecule has 3 heterocycles. The molecule has 2 aromatic carbocycles. The van der Waals surface area contributed by atoms with Crippen LogP contribution in [0.4, 0.5) is 11.4 Å². The normalized spacial score (nSPS) is 14.0. The summed E-state index contributed by atoms with van der Waals surface area (Å²) in [5, 5.41) is 1.95. The van der Waals surface area contributed by atoms with E-state index in [-0.39, 0.29) is 5.56 Å². The van der Waals surface area contributed by atoms with Crippen LogP contribution in [0.3, 0.4) is 0 Å². The SMILES string of the molecule is CCN1CCCc2cc3c4oc5cc(N(C)C)ccc5cc-4c(=O)[n+](C)c3cc21. The summed E-state index contributed by atoms with van der Waals surface area (Å²) in [6.07, 6.45) is 2.22. The molecule has 0 unspecified atom stereocenters. The van der Waals surface area contributed by atoms with Crippen LogP contribution in [0.2, 0.25) is 0 Å². The van der Waals surface area contributed by atoms with Gasteiger partial charge in [-0.2, -0.15) is 4.57 Å². The van der Waals surface area contributed by atoms with E-state index in [9.17, 15) is 4.79 Å². The Morgan fingerprint density at radius 1 is 1.17 bits per heavy atom. The number of benzene rings is 2. The number of nitrogens with zero attached hydrogens (tertiary/aromatic N) is 3. The van der Waals surface area contributed by atoms with Crippen molar-refractivity contribution in [3.8, 4) is 11.3 Å². The van der Waals surface area contributed by atoms with E-state index >= 15 is 0 Å². The summed E-state index contributed by atoms with van der Waals surface area (Å²) >= 11 is 0. The molecule has 0 N–H and O–H groups in total. The Morgan fingerprint density at radius 2 is 2.00 bits per heavy atom. The van der Waals surface area contributed by atoms with E-state index < -0.39 is 0 Å². The van der Waals surface area contributed by atoms with Gasteiger partial charge in [0.05, 0.1) is 5.39 Å². The zero-order valence-electron chi connectivity index (χ0n) is 17.5.